The monoisotopic (exact) mass is 242 g/mol. The van der Waals surface area contributed by atoms with Crippen molar-refractivity contribution in [1.82, 2.24) is 0 Å². The molecule has 2 heterocycles. The summed E-state index contributed by atoms with van der Waals surface area (Å²) in [6.45, 7) is 0.449. The van der Waals surface area contributed by atoms with Gasteiger partial charge in [0.2, 0.25) is 6.29 Å². The first kappa shape index (κ1) is 11.0. The molecule has 0 spiro atoms. The van der Waals surface area contributed by atoms with Crippen LogP contribution in [0.3, 0.4) is 0 Å². The van der Waals surface area contributed by atoms with Gasteiger partial charge in [0.1, 0.15) is 0 Å². The fraction of sp³-hybridized carbons (Fsp3) is 0.727. The van der Waals surface area contributed by atoms with Crippen LogP contribution >= 0.6 is 0 Å². The molecule has 2 fully saturated rings. The van der Waals surface area contributed by atoms with E-state index in [0.717, 1.165) is 0 Å². The van der Waals surface area contributed by atoms with Crippen LogP contribution in [0.15, 0.2) is 11.8 Å². The zero-order valence-corrected chi connectivity index (χ0v) is 9.33. The second-order valence-electron chi connectivity index (χ2n) is 4.72. The minimum Gasteiger partial charge on any atom is -0.472 e. The Morgan fingerprint density at radius 2 is 2.41 bits per heavy atom. The maximum absolute atomic E-state index is 11.6. The summed E-state index contributed by atoms with van der Waals surface area (Å²) < 4.78 is 14.8. The Labute approximate surface area is 97.8 Å². The minimum absolute atomic E-state index is 0.0538. The van der Waals surface area contributed by atoms with Gasteiger partial charge in [-0.25, -0.2) is 4.79 Å². The van der Waals surface area contributed by atoms with Crippen molar-refractivity contribution in [2.75, 3.05) is 13.7 Å². The van der Waals surface area contributed by atoms with Crippen LogP contribution in [0.25, 0.3) is 0 Å². The predicted molar refractivity (Wildman–Crippen MR) is 53.2 cm³/mol. The summed E-state index contributed by atoms with van der Waals surface area (Å²) in [5.74, 6) is -2.81. The second-order valence-corrected chi connectivity index (χ2v) is 4.72. The van der Waals surface area contributed by atoms with Crippen molar-refractivity contribution in [1.29, 1.82) is 0 Å². The van der Waals surface area contributed by atoms with Crippen molar-refractivity contribution in [3.8, 4) is 0 Å². The molecular formula is C11H14O6. The van der Waals surface area contributed by atoms with Gasteiger partial charge in [-0.1, -0.05) is 0 Å². The molecule has 5 unspecified atom stereocenters. The fourth-order valence-electron chi connectivity index (χ4n) is 3.07. The van der Waals surface area contributed by atoms with E-state index < -0.39 is 24.0 Å². The van der Waals surface area contributed by atoms with E-state index in [1.165, 1.54) is 13.4 Å². The Bertz CT molecular complexity index is 391. The molecule has 0 bridgehead atoms. The number of ether oxygens (including phenoxy) is 3. The average Bonchev–Trinajstić information content (AvgIpc) is 2.51. The SMILES string of the molecule is COC(=O)C1=COC(O)C2C1CC1COC12O. The Morgan fingerprint density at radius 1 is 1.65 bits per heavy atom. The van der Waals surface area contributed by atoms with Crippen LogP contribution in [0.1, 0.15) is 6.42 Å². The van der Waals surface area contributed by atoms with Crippen LogP contribution in [0.2, 0.25) is 0 Å². The number of carbonyl (C=O) groups is 1. The van der Waals surface area contributed by atoms with Crippen molar-refractivity contribution in [3.05, 3.63) is 11.8 Å². The normalized spacial score (nSPS) is 47.1. The first-order valence-corrected chi connectivity index (χ1v) is 5.56. The zero-order valence-electron chi connectivity index (χ0n) is 9.33. The molecule has 6 heteroatoms. The molecule has 94 valence electrons. The molecule has 1 saturated carbocycles. The van der Waals surface area contributed by atoms with Crippen LogP contribution in [0.5, 0.6) is 0 Å². The highest BCUT2D eigenvalue weighted by Crippen LogP contribution is 2.56. The highest BCUT2D eigenvalue weighted by Gasteiger charge is 2.66. The number of aliphatic hydroxyl groups excluding tert-OH is 1. The number of fused-ring (bicyclic) bond motifs is 3. The highest BCUT2D eigenvalue weighted by atomic mass is 16.7. The smallest absolute Gasteiger partial charge is 0.337 e. The molecule has 0 aromatic heterocycles. The zero-order chi connectivity index (χ0) is 12.2. The number of methoxy groups -OCH3 is 1. The van der Waals surface area contributed by atoms with Gasteiger partial charge in [-0.2, -0.15) is 0 Å². The maximum Gasteiger partial charge on any atom is 0.337 e. The van der Waals surface area contributed by atoms with Crippen LogP contribution in [-0.4, -0.2) is 42.0 Å². The number of aliphatic hydroxyl groups is 2. The molecule has 0 radical (unpaired) electrons. The Kier molecular flexibility index (Phi) is 2.23. The molecule has 5 atom stereocenters. The average molecular weight is 242 g/mol. The van der Waals surface area contributed by atoms with Crippen molar-refractivity contribution >= 4 is 5.97 Å². The van der Waals surface area contributed by atoms with Crippen molar-refractivity contribution in [2.45, 2.75) is 18.5 Å². The van der Waals surface area contributed by atoms with Crippen LogP contribution in [-0.2, 0) is 19.0 Å². The molecule has 0 aromatic carbocycles. The molecule has 1 saturated heterocycles. The second kappa shape index (κ2) is 3.44. The third kappa shape index (κ3) is 1.28. The van der Waals surface area contributed by atoms with Crippen LogP contribution in [0, 0.1) is 17.8 Å². The van der Waals surface area contributed by atoms with E-state index in [9.17, 15) is 15.0 Å². The lowest BCUT2D eigenvalue weighted by molar-refractivity contribution is -0.355. The molecule has 0 aromatic rings. The van der Waals surface area contributed by atoms with Crippen LogP contribution in [0.4, 0.5) is 0 Å². The molecule has 17 heavy (non-hydrogen) atoms. The lowest BCUT2D eigenvalue weighted by atomic mass is 9.84. The van der Waals surface area contributed by atoms with E-state index in [-0.39, 0.29) is 11.8 Å². The van der Waals surface area contributed by atoms with E-state index >= 15 is 0 Å². The highest BCUT2D eigenvalue weighted by molar-refractivity contribution is 5.89. The Balaban J connectivity index is 1.95. The van der Waals surface area contributed by atoms with Crippen molar-refractivity contribution in [2.24, 2.45) is 17.8 Å². The standard InChI is InChI=1S/C11H14O6/c1-15-9(12)7-4-16-10(13)8-6(7)2-5-3-17-11(5,8)14/h4-6,8,10,13-14H,2-3H2,1H3. The molecule has 1 aliphatic carbocycles. The lowest BCUT2D eigenvalue weighted by Gasteiger charge is -2.45. The number of hydrogen-bond acceptors (Lipinski definition) is 6. The van der Waals surface area contributed by atoms with Gasteiger partial charge in [-0.3, -0.25) is 0 Å². The summed E-state index contributed by atoms with van der Waals surface area (Å²) in [5, 5.41) is 20.0. The van der Waals surface area contributed by atoms with Gasteiger partial charge in [0.15, 0.2) is 5.79 Å². The summed E-state index contributed by atoms with van der Waals surface area (Å²) in [5.41, 5.74) is 0.356. The largest absolute Gasteiger partial charge is 0.472 e. The summed E-state index contributed by atoms with van der Waals surface area (Å²) >= 11 is 0. The van der Waals surface area contributed by atoms with Gasteiger partial charge >= 0.3 is 5.97 Å². The molecule has 3 aliphatic rings. The number of esters is 1. The van der Waals surface area contributed by atoms with E-state index in [1.807, 2.05) is 0 Å². The van der Waals surface area contributed by atoms with Gasteiger partial charge < -0.3 is 24.4 Å². The molecule has 2 aliphatic heterocycles. The Morgan fingerprint density at radius 3 is 3.00 bits per heavy atom. The topological polar surface area (TPSA) is 85.2 Å². The molecule has 2 N–H and O–H groups in total. The maximum atomic E-state index is 11.6. The van der Waals surface area contributed by atoms with E-state index in [1.54, 1.807) is 0 Å². The van der Waals surface area contributed by atoms with Gasteiger partial charge in [-0.15, -0.1) is 0 Å². The van der Waals surface area contributed by atoms with E-state index in [0.29, 0.717) is 18.6 Å². The third-order valence-electron chi connectivity index (χ3n) is 4.01. The predicted octanol–water partition coefficient (Wildman–Crippen LogP) is -0.637. The van der Waals surface area contributed by atoms with Gasteiger partial charge in [0, 0.05) is 11.8 Å². The molecule has 0 amide bonds. The quantitative estimate of drug-likeness (QED) is 0.595. The molecule has 3 rings (SSSR count). The number of carbonyl (C=O) groups excluding carboxylic acids is 1. The van der Waals surface area contributed by atoms with Gasteiger partial charge in [0.05, 0.1) is 31.5 Å². The van der Waals surface area contributed by atoms with E-state index in [4.69, 9.17) is 9.47 Å². The van der Waals surface area contributed by atoms with Crippen LogP contribution < -0.4 is 0 Å². The first-order chi connectivity index (χ1) is 8.08. The fourth-order valence-corrected chi connectivity index (χ4v) is 3.07. The van der Waals surface area contributed by atoms with Gasteiger partial charge in [0.25, 0.3) is 0 Å². The summed E-state index contributed by atoms with van der Waals surface area (Å²) in [7, 11) is 1.29. The number of rotatable bonds is 1. The van der Waals surface area contributed by atoms with E-state index in [2.05, 4.69) is 4.74 Å². The third-order valence-corrected chi connectivity index (χ3v) is 4.01. The van der Waals surface area contributed by atoms with Gasteiger partial charge in [-0.05, 0) is 6.42 Å². The number of hydrogen-bond donors (Lipinski definition) is 2. The first-order valence-electron chi connectivity index (χ1n) is 5.56. The molecular weight excluding hydrogens is 228 g/mol. The van der Waals surface area contributed by atoms with Crippen molar-refractivity contribution < 1.29 is 29.2 Å². The lowest BCUT2D eigenvalue weighted by Crippen LogP contribution is -2.58. The minimum atomic E-state index is -1.36. The molecule has 6 nitrogen and oxygen atoms in total. The summed E-state index contributed by atoms with van der Waals surface area (Å²) in [6, 6.07) is 0. The summed E-state index contributed by atoms with van der Waals surface area (Å²) in [6.07, 6.45) is 0.678. The Hall–Kier alpha value is -1.11. The summed E-state index contributed by atoms with van der Waals surface area (Å²) in [4.78, 5) is 11.6. The van der Waals surface area contributed by atoms with Crippen molar-refractivity contribution in [3.63, 3.8) is 0 Å².